The van der Waals surface area contributed by atoms with Crippen molar-refractivity contribution in [3.63, 3.8) is 0 Å². The van der Waals surface area contributed by atoms with Crippen molar-refractivity contribution in [3.8, 4) is 0 Å². The van der Waals surface area contributed by atoms with Crippen LogP contribution in [0.1, 0.15) is 193 Å². The van der Waals surface area contributed by atoms with Gasteiger partial charge in [0.1, 0.15) is 40.5 Å². The number of aryl methyl sites for hydroxylation is 2. The second-order valence-corrected chi connectivity index (χ2v) is 24.2. The lowest BCUT2D eigenvalue weighted by Gasteiger charge is -2.04. The Bertz CT molecular complexity index is 3640. The predicted octanol–water partition coefficient (Wildman–Crippen LogP) is 7.37. The lowest BCUT2D eigenvalue weighted by Crippen LogP contribution is -2.26. The number of carboxylic acids is 10. The van der Waals surface area contributed by atoms with Gasteiger partial charge in [0, 0.05) is 87.5 Å². The number of Topliss-reactive ketones (excluding diaryl/α,β-unsaturated/α-hetero) is 8. The molecule has 0 saturated heterocycles. The molecule has 5 aromatic rings. The highest BCUT2D eigenvalue weighted by Crippen LogP contribution is 2.15. The van der Waals surface area contributed by atoms with Gasteiger partial charge < -0.3 is 98.3 Å². The lowest BCUT2D eigenvalue weighted by molar-refractivity contribution is -0.137. The quantitative estimate of drug-likeness (QED) is 0.0103. The highest BCUT2D eigenvalue weighted by atomic mass is 16.4. The van der Waals surface area contributed by atoms with E-state index in [1.807, 2.05) is 12.1 Å². The Hall–Kier alpha value is -12.6. The van der Waals surface area contributed by atoms with E-state index >= 15 is 0 Å². The second-order valence-electron chi connectivity index (χ2n) is 24.2. The van der Waals surface area contributed by atoms with Gasteiger partial charge in [-0.15, -0.1) is 0 Å². The van der Waals surface area contributed by atoms with Crippen LogP contribution >= 0.6 is 0 Å². The summed E-state index contributed by atoms with van der Waals surface area (Å²) in [5, 5.41) is 100. The molecule has 35 heteroatoms. The SMILES string of the molecule is CC(=O)CCCCc1ccc(C(=O)O)cc1.CC(=O)CCCc1ccc(C(=O)O)cc1.CC(=O)CCNCC(=O)O.CC(=O)CCNCC(=O)O.CC(=O)CCNCCC(=O)O.CC(=O)CNCC(=O)O.CC(=O)CNc1ccc(C(=O)O)cc1.CC(=O)c1cc(N)cc(C(=O)O)c1.O=C(O)CCNc1ccc(C(=O)O)cc1. The molecule has 35 nitrogen and oxygen atoms in total. The zero-order valence-electron chi connectivity index (χ0n) is 64.4. The van der Waals surface area contributed by atoms with Gasteiger partial charge in [0.05, 0.1) is 73.4 Å². The summed E-state index contributed by atoms with van der Waals surface area (Å²) in [7, 11) is 0. The van der Waals surface area contributed by atoms with Crippen molar-refractivity contribution in [1.29, 1.82) is 0 Å². The summed E-state index contributed by atoms with van der Waals surface area (Å²) in [5.74, 6) is -8.83. The lowest BCUT2D eigenvalue weighted by atomic mass is 10.0. The molecule has 0 aromatic heterocycles. The molecule has 0 bridgehead atoms. The number of aromatic carboxylic acids is 5. The Labute approximate surface area is 653 Å². The molecule has 620 valence electrons. The summed E-state index contributed by atoms with van der Waals surface area (Å²) < 4.78 is 0. The van der Waals surface area contributed by atoms with Crippen LogP contribution in [0.25, 0.3) is 0 Å². The average molecular weight is 1590 g/mol. The second kappa shape index (κ2) is 65.3. The largest absolute Gasteiger partial charge is 0.481 e. The number of benzene rings is 5. The van der Waals surface area contributed by atoms with Gasteiger partial charge in [-0.3, -0.25) is 52.7 Å². The van der Waals surface area contributed by atoms with Crippen molar-refractivity contribution in [2.45, 2.75) is 132 Å². The minimum atomic E-state index is -1.09. The van der Waals surface area contributed by atoms with E-state index in [0.717, 1.165) is 48.9 Å². The molecule has 5 rings (SSSR count). The van der Waals surface area contributed by atoms with E-state index in [4.69, 9.17) is 56.8 Å². The van der Waals surface area contributed by atoms with Gasteiger partial charge in [0.2, 0.25) is 0 Å². The maximum atomic E-state index is 10.9. The minimum Gasteiger partial charge on any atom is -0.481 e. The van der Waals surface area contributed by atoms with E-state index in [1.165, 1.54) is 84.0 Å². The maximum absolute atomic E-state index is 10.9. The number of nitrogen functional groups attached to an aromatic ring is 1. The third kappa shape index (κ3) is 70.8. The summed E-state index contributed by atoms with van der Waals surface area (Å²) in [4.78, 5) is 187. The molecule has 0 saturated carbocycles. The molecular formula is C78H105N7O28. The monoisotopic (exact) mass is 1590 g/mol. The number of carbonyl (C=O) groups is 18. The number of nitrogens with one attached hydrogen (secondary N) is 6. The number of anilines is 3. The van der Waals surface area contributed by atoms with Gasteiger partial charge >= 0.3 is 59.7 Å². The zero-order valence-corrected chi connectivity index (χ0v) is 64.4. The van der Waals surface area contributed by atoms with E-state index in [1.54, 1.807) is 74.5 Å². The molecule has 18 N–H and O–H groups in total. The Morgan fingerprint density at radius 1 is 0.265 bits per heavy atom. The summed E-state index contributed by atoms with van der Waals surface area (Å²) in [6, 6.07) is 30.1. The van der Waals surface area contributed by atoms with Crippen molar-refractivity contribution in [2.24, 2.45) is 0 Å². The standard InChI is InChI=1S/C13H16O3.C12H14O3.C10H11NO4.C10H11NO3.C9H9NO3.C7H13NO3.2C6H11NO3.C5H9NO3/c1-10(14)4-2-3-5-11-6-8-12(9-7-11)13(15)16;1-9(13)3-2-4-10-5-7-11(8-6-10)12(14)15;12-9(13)5-6-11-8-3-1-7(2-4-8)10(14)15;1-7(12)6-11-9-4-2-8(3-5-9)10(13)14;1-5(11)6-2-7(9(12)13)4-8(10)3-6;1-6(9)2-4-8-5-3-7(10)11;2*1-5(8)2-3-7-4-6(9)10;1-4(7)2-6-3-5(8)9/h6-9H,2-5H2,1H3,(H,15,16);5-8H,2-4H2,1H3,(H,14,15);1-4,11H,5-6H2,(H,12,13)(H,14,15);2-5,11H,6H2,1H3,(H,13,14);2-4H,10H2,1H3,(H,12,13);8H,2-5H2,1H3,(H,10,11);2*7H,2-4H2,1H3,(H,9,10);6H,2-3H2,1H3,(H,8,9). The molecule has 0 aliphatic carbocycles. The van der Waals surface area contributed by atoms with Crippen LogP contribution in [0.4, 0.5) is 17.1 Å². The molecule has 0 aliphatic rings. The number of hydrogen-bond donors (Lipinski definition) is 17. The topological polar surface area (TPSA) is 608 Å². The third-order valence-electron chi connectivity index (χ3n) is 13.4. The molecule has 0 radical (unpaired) electrons. The summed E-state index contributed by atoms with van der Waals surface area (Å²) in [5.41, 5.74) is 10.7. The molecule has 0 heterocycles. The Balaban J connectivity index is -0.000000595. The predicted molar refractivity (Wildman–Crippen MR) is 416 cm³/mol. The van der Waals surface area contributed by atoms with Crippen LogP contribution in [-0.4, -0.2) is 222 Å². The number of aliphatic carboxylic acids is 5. The van der Waals surface area contributed by atoms with Gasteiger partial charge in [-0.2, -0.15) is 0 Å². The van der Waals surface area contributed by atoms with E-state index in [9.17, 15) is 86.3 Å². The normalized spacial score (nSPS) is 9.59. The Morgan fingerprint density at radius 2 is 0.566 bits per heavy atom. The van der Waals surface area contributed by atoms with Gasteiger partial charge in [-0.05, 0) is 190 Å². The number of carbonyl (C=O) groups excluding carboxylic acids is 8. The third-order valence-corrected chi connectivity index (χ3v) is 13.4. The van der Waals surface area contributed by atoms with Crippen molar-refractivity contribution in [2.75, 3.05) is 81.8 Å². The minimum absolute atomic E-state index is 0.0285. The first-order valence-electron chi connectivity index (χ1n) is 34.7. The number of rotatable bonds is 42. The fourth-order valence-electron chi connectivity index (χ4n) is 7.70. The molecule has 0 spiro atoms. The van der Waals surface area contributed by atoms with Gasteiger partial charge in [-0.1, -0.05) is 24.3 Å². The van der Waals surface area contributed by atoms with Gasteiger partial charge in [-0.25, -0.2) is 24.0 Å². The number of unbranched alkanes of at least 4 members (excludes halogenated alkanes) is 1. The van der Waals surface area contributed by atoms with Crippen molar-refractivity contribution >= 4 is 123 Å². The molecule has 113 heavy (non-hydrogen) atoms. The van der Waals surface area contributed by atoms with E-state index in [2.05, 4.69) is 31.9 Å². The van der Waals surface area contributed by atoms with Crippen LogP contribution in [0.2, 0.25) is 0 Å². The maximum Gasteiger partial charge on any atom is 0.335 e. The molecule has 0 aliphatic heterocycles. The van der Waals surface area contributed by atoms with E-state index in [-0.39, 0.29) is 114 Å². The molecule has 0 atom stereocenters. The Morgan fingerprint density at radius 3 is 0.894 bits per heavy atom. The number of nitrogens with two attached hydrogens (primary N) is 1. The fraction of sp³-hybridized carbons (Fsp3) is 0.385. The first-order valence-corrected chi connectivity index (χ1v) is 34.7. The van der Waals surface area contributed by atoms with E-state index in [0.29, 0.717) is 87.2 Å². The number of ketones is 8. The van der Waals surface area contributed by atoms with Crippen molar-refractivity contribution in [3.05, 3.63) is 160 Å². The van der Waals surface area contributed by atoms with Crippen LogP contribution in [0.3, 0.4) is 0 Å². The van der Waals surface area contributed by atoms with Gasteiger partial charge in [0.25, 0.3) is 0 Å². The van der Waals surface area contributed by atoms with Crippen LogP contribution in [0.15, 0.2) is 115 Å². The number of carboxylic acid groups (broad SMARTS) is 10. The van der Waals surface area contributed by atoms with Crippen LogP contribution in [0.5, 0.6) is 0 Å². The summed E-state index contributed by atoms with van der Waals surface area (Å²) in [6.45, 7) is 14.2. The molecule has 0 fully saturated rings. The molecule has 5 aromatic carbocycles. The van der Waals surface area contributed by atoms with Crippen LogP contribution in [-0.2, 0) is 70.4 Å². The molecule has 0 amide bonds. The fourth-order valence-corrected chi connectivity index (χ4v) is 7.70. The Kier molecular flexibility index (Phi) is 61.7. The zero-order chi connectivity index (χ0) is 87.0. The summed E-state index contributed by atoms with van der Waals surface area (Å²) >= 11 is 0. The van der Waals surface area contributed by atoms with Gasteiger partial charge in [0.15, 0.2) is 5.78 Å². The highest BCUT2D eigenvalue weighted by molar-refractivity contribution is 5.99. The van der Waals surface area contributed by atoms with Crippen LogP contribution < -0.4 is 37.6 Å². The number of hydrogen-bond acceptors (Lipinski definition) is 25. The van der Waals surface area contributed by atoms with E-state index < -0.39 is 59.7 Å². The molecular weight excluding hydrogens is 1480 g/mol. The van der Waals surface area contributed by atoms with Crippen LogP contribution in [0, 0.1) is 0 Å². The first kappa shape index (κ1) is 107. The molecule has 0 unspecified atom stereocenters. The van der Waals surface area contributed by atoms with Crippen molar-refractivity contribution in [1.82, 2.24) is 21.3 Å². The first-order chi connectivity index (χ1) is 52.9. The van der Waals surface area contributed by atoms with Crippen molar-refractivity contribution < 1.29 is 137 Å². The highest BCUT2D eigenvalue weighted by Gasteiger charge is 2.10. The summed E-state index contributed by atoms with van der Waals surface area (Å²) in [6.07, 6.45) is 7.02. The average Bonchev–Trinajstić information content (AvgIpc) is 0.854. The smallest absolute Gasteiger partial charge is 0.335 e.